The number of carbonyl (C=O) groups excluding carboxylic acids is 2. The number of phosphoric acid groups is 1. The molecule has 0 aliphatic rings. The number of esters is 2. The summed E-state index contributed by atoms with van der Waals surface area (Å²) in [5.41, 5.74) is 5.40. The highest BCUT2D eigenvalue weighted by molar-refractivity contribution is 7.47. The summed E-state index contributed by atoms with van der Waals surface area (Å²) in [6.45, 7) is 3.59. The second-order valence-corrected chi connectivity index (χ2v) is 25.9. The molecule has 0 saturated carbocycles. The van der Waals surface area contributed by atoms with E-state index in [0.717, 1.165) is 89.9 Å². The Bertz CT molecular complexity index is 1880. The SMILES string of the molecule is CC/C=C\C/C=C\C/C=C\C/C=C\C/C=C\C/C=C\C/C=C\C/C=C\CCCCC(=O)OC(COC(=O)CCCCCCCCCCCCCCCCCCCCCCCCCCCCCCC/C=C\C/C=C\CCCCCCC)COP(=O)(O)OCCN. The summed E-state index contributed by atoms with van der Waals surface area (Å²) in [5, 5.41) is 0. The van der Waals surface area contributed by atoms with Crippen molar-refractivity contribution in [3.63, 3.8) is 0 Å². The van der Waals surface area contributed by atoms with E-state index in [1.54, 1.807) is 0 Å². The molecule has 9 nitrogen and oxygen atoms in total. The predicted molar refractivity (Wildman–Crippen MR) is 385 cm³/mol. The first-order valence-electron chi connectivity index (χ1n) is 37.0. The second-order valence-electron chi connectivity index (χ2n) is 24.4. The van der Waals surface area contributed by atoms with Gasteiger partial charge in [0.2, 0.25) is 0 Å². The van der Waals surface area contributed by atoms with Crippen molar-refractivity contribution in [1.29, 1.82) is 0 Å². The first-order chi connectivity index (χ1) is 43.8. The van der Waals surface area contributed by atoms with Crippen molar-refractivity contribution in [2.75, 3.05) is 26.4 Å². The van der Waals surface area contributed by atoms with Crippen molar-refractivity contribution in [2.45, 2.75) is 341 Å². The van der Waals surface area contributed by atoms with Crippen LogP contribution in [0, 0.1) is 0 Å². The van der Waals surface area contributed by atoms with Crippen molar-refractivity contribution in [1.82, 2.24) is 0 Å². The number of unbranched alkanes of at least 4 members (excludes halogenated alkanes) is 36. The maximum Gasteiger partial charge on any atom is 0.472 e. The van der Waals surface area contributed by atoms with Crippen LogP contribution in [0.3, 0.4) is 0 Å². The van der Waals surface area contributed by atoms with Gasteiger partial charge < -0.3 is 20.1 Å². The Labute approximate surface area is 549 Å². The molecule has 0 aromatic rings. The molecule has 0 radical (unpaired) electrons. The zero-order chi connectivity index (χ0) is 64.4. The van der Waals surface area contributed by atoms with E-state index in [1.807, 2.05) is 0 Å². The van der Waals surface area contributed by atoms with Gasteiger partial charge >= 0.3 is 19.8 Å². The molecule has 0 heterocycles. The highest BCUT2D eigenvalue weighted by atomic mass is 31.2. The Morgan fingerprint density at radius 2 is 0.618 bits per heavy atom. The van der Waals surface area contributed by atoms with Crippen LogP contribution in [0.25, 0.3) is 0 Å². The third-order valence-electron chi connectivity index (χ3n) is 15.8. The lowest BCUT2D eigenvalue weighted by Gasteiger charge is -2.19. The molecule has 3 N–H and O–H groups in total. The summed E-state index contributed by atoms with van der Waals surface area (Å²) in [6.07, 6.45) is 103. The second kappa shape index (κ2) is 73.5. The minimum absolute atomic E-state index is 0.0413. The highest BCUT2D eigenvalue weighted by Gasteiger charge is 2.26. The van der Waals surface area contributed by atoms with Crippen LogP contribution in [0.5, 0.6) is 0 Å². The van der Waals surface area contributed by atoms with Crippen LogP contribution >= 0.6 is 7.82 Å². The summed E-state index contributed by atoms with van der Waals surface area (Å²) < 4.78 is 33.1. The molecule has 10 heteroatoms. The van der Waals surface area contributed by atoms with Crippen LogP contribution in [0.2, 0.25) is 0 Å². The zero-order valence-corrected chi connectivity index (χ0v) is 58.5. The van der Waals surface area contributed by atoms with Gasteiger partial charge in [0, 0.05) is 19.4 Å². The fourth-order valence-corrected chi connectivity index (χ4v) is 11.2. The van der Waals surface area contributed by atoms with E-state index in [1.165, 1.54) is 212 Å². The molecule has 0 bridgehead atoms. The Morgan fingerprint density at radius 1 is 0.348 bits per heavy atom. The van der Waals surface area contributed by atoms with Crippen LogP contribution in [0.4, 0.5) is 0 Å². The van der Waals surface area contributed by atoms with Crippen molar-refractivity contribution in [3.05, 3.63) is 122 Å². The van der Waals surface area contributed by atoms with E-state index < -0.39 is 32.5 Å². The quantitative estimate of drug-likeness (QED) is 0.0264. The topological polar surface area (TPSA) is 134 Å². The molecule has 0 aliphatic carbocycles. The van der Waals surface area contributed by atoms with Gasteiger partial charge in [-0.15, -0.1) is 0 Å². The number of phosphoric ester groups is 1. The minimum atomic E-state index is -4.41. The van der Waals surface area contributed by atoms with Crippen LogP contribution in [0.15, 0.2) is 122 Å². The number of hydrogen-bond donors (Lipinski definition) is 2. The molecule has 0 aromatic heterocycles. The van der Waals surface area contributed by atoms with E-state index in [2.05, 4.69) is 135 Å². The lowest BCUT2D eigenvalue weighted by Crippen LogP contribution is -2.29. The Kier molecular flexibility index (Phi) is 70.5. The molecule has 0 fully saturated rings. The molecular weight excluding hydrogens is 1120 g/mol. The number of ether oxygens (including phenoxy) is 2. The van der Waals surface area contributed by atoms with Gasteiger partial charge in [-0.25, -0.2) is 4.57 Å². The molecule has 2 atom stereocenters. The first-order valence-corrected chi connectivity index (χ1v) is 38.5. The molecule has 0 rings (SSSR count). The van der Waals surface area contributed by atoms with Crippen molar-refractivity contribution in [3.8, 4) is 0 Å². The van der Waals surface area contributed by atoms with E-state index in [0.29, 0.717) is 6.42 Å². The van der Waals surface area contributed by atoms with Gasteiger partial charge in [0.25, 0.3) is 0 Å². The first kappa shape index (κ1) is 85.4. The van der Waals surface area contributed by atoms with Gasteiger partial charge in [0.15, 0.2) is 6.10 Å². The summed E-state index contributed by atoms with van der Waals surface area (Å²) in [4.78, 5) is 35.3. The summed E-state index contributed by atoms with van der Waals surface area (Å²) >= 11 is 0. The van der Waals surface area contributed by atoms with Gasteiger partial charge in [-0.05, 0) is 109 Å². The predicted octanol–water partition coefficient (Wildman–Crippen LogP) is 24.6. The van der Waals surface area contributed by atoms with E-state index in [-0.39, 0.29) is 32.6 Å². The van der Waals surface area contributed by atoms with Crippen molar-refractivity contribution >= 4 is 19.8 Å². The monoisotopic (exact) mass is 1260 g/mol. The fraction of sp³-hybridized carbons (Fsp3) is 0.722. The molecular formula is C79H138NO8P. The van der Waals surface area contributed by atoms with Gasteiger partial charge in [0.1, 0.15) is 6.61 Å². The third-order valence-corrected chi connectivity index (χ3v) is 16.8. The molecule has 0 amide bonds. The van der Waals surface area contributed by atoms with Crippen LogP contribution < -0.4 is 5.73 Å². The van der Waals surface area contributed by atoms with Crippen LogP contribution in [-0.4, -0.2) is 49.3 Å². The van der Waals surface area contributed by atoms with Crippen LogP contribution in [0.1, 0.15) is 335 Å². The molecule has 0 spiro atoms. The molecule has 512 valence electrons. The van der Waals surface area contributed by atoms with Gasteiger partial charge in [-0.1, -0.05) is 334 Å². The molecule has 0 aliphatic heterocycles. The number of carbonyl (C=O) groups is 2. The Morgan fingerprint density at radius 3 is 0.944 bits per heavy atom. The van der Waals surface area contributed by atoms with E-state index in [4.69, 9.17) is 24.3 Å². The molecule has 0 saturated heterocycles. The average molecular weight is 1260 g/mol. The lowest BCUT2D eigenvalue weighted by molar-refractivity contribution is -0.161. The minimum Gasteiger partial charge on any atom is -0.462 e. The van der Waals surface area contributed by atoms with Gasteiger partial charge in [0.05, 0.1) is 13.2 Å². The Hall–Kier alpha value is -3.59. The average Bonchev–Trinajstić information content (AvgIpc) is 3.64. The van der Waals surface area contributed by atoms with Gasteiger partial charge in [-0.3, -0.25) is 18.6 Å². The lowest BCUT2D eigenvalue weighted by atomic mass is 10.0. The maximum absolute atomic E-state index is 12.7. The smallest absolute Gasteiger partial charge is 0.462 e. The highest BCUT2D eigenvalue weighted by Crippen LogP contribution is 2.43. The van der Waals surface area contributed by atoms with E-state index in [9.17, 15) is 19.0 Å². The normalized spacial score (nSPS) is 13.6. The number of rotatable bonds is 69. The van der Waals surface area contributed by atoms with Crippen molar-refractivity contribution < 1.29 is 37.6 Å². The molecule has 2 unspecified atom stereocenters. The molecule has 0 aromatic carbocycles. The van der Waals surface area contributed by atoms with Crippen molar-refractivity contribution in [2.24, 2.45) is 5.73 Å². The Balaban J connectivity index is 3.85. The maximum atomic E-state index is 12.7. The van der Waals surface area contributed by atoms with E-state index >= 15 is 0 Å². The summed E-state index contributed by atoms with van der Waals surface area (Å²) in [5.74, 6) is -0.875. The largest absolute Gasteiger partial charge is 0.472 e. The van der Waals surface area contributed by atoms with Gasteiger partial charge in [-0.2, -0.15) is 0 Å². The standard InChI is InChI=1S/C79H138NO8P/c1-3-5-7-9-11-13-15-17-19-21-23-25-27-29-31-32-33-34-35-36-37-38-39-40-41-42-43-44-46-47-49-51-53-55-57-59-61-63-65-67-69-71-78(81)85-75-77(76-87-89(83,84)86-74-73-80)88-79(82)72-70-68-66-64-62-60-58-56-54-52-50-48-45-30-28-26-24-22-20-18-16-14-12-10-8-6-4-2/h6,8,12,14-15,17-18,20-21,23-24,26,30,45,50,52,56,58,62,64,77H,3-5,7,9-11,13,16,19,22,25,27-29,31-44,46-49,51,53-55,57,59-61,63,65-76,80H2,1-2H3,(H,83,84)/b8-6-,14-12-,17-15-,20-18-,23-21-,26-24-,45-30-,52-50-,58-56-,64-62-. The summed E-state index contributed by atoms with van der Waals surface area (Å²) in [7, 11) is -4.41. The fourth-order valence-electron chi connectivity index (χ4n) is 10.4. The van der Waals surface area contributed by atoms with Crippen LogP contribution in [-0.2, 0) is 32.7 Å². The molecule has 89 heavy (non-hydrogen) atoms. The number of allylic oxidation sites excluding steroid dienone is 20. The number of hydrogen-bond acceptors (Lipinski definition) is 8. The zero-order valence-electron chi connectivity index (χ0n) is 57.6. The third kappa shape index (κ3) is 73.3. The summed E-state index contributed by atoms with van der Waals surface area (Å²) in [6, 6.07) is 0. The number of nitrogens with two attached hydrogens (primary N) is 1.